The number of carbonyl (C=O) groups excluding carboxylic acids is 1. The van der Waals surface area contributed by atoms with Crippen molar-refractivity contribution in [1.82, 2.24) is 14.9 Å². The predicted octanol–water partition coefficient (Wildman–Crippen LogP) is 4.34. The monoisotopic (exact) mass is 411 g/mol. The fourth-order valence-electron chi connectivity index (χ4n) is 3.71. The van der Waals surface area contributed by atoms with Crippen LogP contribution < -0.4 is 9.47 Å². The Balaban J connectivity index is 1.55. The van der Waals surface area contributed by atoms with Crippen molar-refractivity contribution in [3.8, 4) is 22.8 Å². The van der Waals surface area contributed by atoms with Crippen molar-refractivity contribution >= 4 is 16.8 Å². The number of fused-ring (bicyclic) bond motifs is 2. The van der Waals surface area contributed by atoms with Gasteiger partial charge < -0.3 is 14.4 Å². The van der Waals surface area contributed by atoms with Crippen molar-refractivity contribution in [2.24, 2.45) is 0 Å². The van der Waals surface area contributed by atoms with E-state index in [4.69, 9.17) is 14.5 Å². The lowest BCUT2D eigenvalue weighted by atomic mass is 10.0. The van der Waals surface area contributed by atoms with Crippen LogP contribution >= 0.6 is 0 Å². The first-order valence-corrected chi connectivity index (χ1v) is 10.1. The summed E-state index contributed by atoms with van der Waals surface area (Å²) in [4.78, 5) is 24.2. The molecular weight excluding hydrogens is 390 g/mol. The molecule has 0 fully saturated rings. The molecule has 4 aromatic rings. The zero-order chi connectivity index (χ0) is 21.2. The third-order valence-corrected chi connectivity index (χ3v) is 5.26. The number of pyridine rings is 2. The van der Waals surface area contributed by atoms with Crippen LogP contribution in [-0.2, 0) is 6.54 Å². The van der Waals surface area contributed by atoms with Crippen LogP contribution in [-0.4, -0.2) is 41.0 Å². The summed E-state index contributed by atoms with van der Waals surface area (Å²) in [5.41, 5.74) is 3.80. The summed E-state index contributed by atoms with van der Waals surface area (Å²) < 4.78 is 11.3. The lowest BCUT2D eigenvalue weighted by Gasteiger charge is -2.20. The van der Waals surface area contributed by atoms with E-state index in [0.717, 1.165) is 27.9 Å². The molecule has 0 N–H and O–H groups in total. The van der Waals surface area contributed by atoms with E-state index in [0.29, 0.717) is 36.8 Å². The quantitative estimate of drug-likeness (QED) is 0.500. The smallest absolute Gasteiger partial charge is 0.254 e. The molecule has 0 atom stereocenters. The molecule has 6 heteroatoms. The highest BCUT2D eigenvalue weighted by atomic mass is 16.6. The Morgan fingerprint density at radius 1 is 0.968 bits per heavy atom. The molecule has 1 amide bonds. The zero-order valence-electron chi connectivity index (χ0n) is 17.1. The number of aromatic nitrogens is 2. The van der Waals surface area contributed by atoms with Crippen molar-refractivity contribution in [2.75, 3.05) is 20.3 Å². The summed E-state index contributed by atoms with van der Waals surface area (Å²) in [7, 11) is 1.79. The molecule has 6 nitrogen and oxygen atoms in total. The predicted molar refractivity (Wildman–Crippen MR) is 118 cm³/mol. The van der Waals surface area contributed by atoms with E-state index in [1.807, 2.05) is 66.7 Å². The maximum absolute atomic E-state index is 13.4. The first kappa shape index (κ1) is 19.1. The highest BCUT2D eigenvalue weighted by molar-refractivity contribution is 6.07. The summed E-state index contributed by atoms with van der Waals surface area (Å²) >= 11 is 0. The van der Waals surface area contributed by atoms with Gasteiger partial charge in [0.15, 0.2) is 11.5 Å². The lowest BCUT2D eigenvalue weighted by molar-refractivity contribution is 0.0785. The largest absolute Gasteiger partial charge is 0.486 e. The minimum absolute atomic E-state index is 0.0805. The number of benzene rings is 2. The first-order chi connectivity index (χ1) is 15.2. The summed E-state index contributed by atoms with van der Waals surface area (Å²) in [5, 5.41) is 0.821. The van der Waals surface area contributed by atoms with Gasteiger partial charge in [-0.3, -0.25) is 9.78 Å². The molecule has 0 unspecified atom stereocenters. The third-order valence-electron chi connectivity index (χ3n) is 5.26. The lowest BCUT2D eigenvalue weighted by Crippen LogP contribution is -2.27. The van der Waals surface area contributed by atoms with Gasteiger partial charge in [0.1, 0.15) is 13.2 Å². The van der Waals surface area contributed by atoms with E-state index < -0.39 is 0 Å². The van der Waals surface area contributed by atoms with Gasteiger partial charge in [-0.15, -0.1) is 0 Å². The number of para-hydroxylation sites is 1. The summed E-state index contributed by atoms with van der Waals surface area (Å²) in [6.07, 6.45) is 1.73. The molecule has 2 aromatic heterocycles. The van der Waals surface area contributed by atoms with Crippen LogP contribution in [0.1, 0.15) is 16.1 Å². The number of rotatable bonds is 4. The Morgan fingerprint density at radius 3 is 2.61 bits per heavy atom. The standard InChI is InChI=1S/C25H21N3O3/c1-28(16-18-6-4-5-11-26-18)25(29)20-15-22(27-21-8-3-2-7-19(20)21)17-9-10-23-24(14-17)31-13-12-30-23/h2-11,14-15H,12-13,16H2,1H3. The normalized spacial score (nSPS) is 12.5. The Bertz CT molecular complexity index is 1260. The fraction of sp³-hybridized carbons (Fsp3) is 0.160. The Hall–Kier alpha value is -3.93. The second kappa shape index (κ2) is 8.07. The molecule has 0 spiro atoms. The first-order valence-electron chi connectivity index (χ1n) is 10.1. The van der Waals surface area contributed by atoms with Gasteiger partial charge in [0, 0.05) is 24.2 Å². The number of amides is 1. The highest BCUT2D eigenvalue weighted by Gasteiger charge is 2.19. The SMILES string of the molecule is CN(Cc1ccccn1)C(=O)c1cc(-c2ccc3c(c2)OCCO3)nc2ccccc12. The molecule has 5 rings (SSSR count). The molecule has 2 aromatic carbocycles. The van der Waals surface area contributed by atoms with Crippen LogP contribution in [0.4, 0.5) is 0 Å². The van der Waals surface area contributed by atoms with Gasteiger partial charge in [-0.1, -0.05) is 24.3 Å². The van der Waals surface area contributed by atoms with E-state index in [1.54, 1.807) is 18.1 Å². The van der Waals surface area contributed by atoms with Crippen LogP contribution in [0.15, 0.2) is 72.9 Å². The van der Waals surface area contributed by atoms with Crippen LogP contribution in [0.5, 0.6) is 11.5 Å². The topological polar surface area (TPSA) is 64.6 Å². The van der Waals surface area contributed by atoms with E-state index in [-0.39, 0.29) is 5.91 Å². The average Bonchev–Trinajstić information content (AvgIpc) is 2.83. The number of hydrogen-bond acceptors (Lipinski definition) is 5. The van der Waals surface area contributed by atoms with Crippen LogP contribution in [0.3, 0.4) is 0 Å². The molecule has 0 aliphatic carbocycles. The van der Waals surface area contributed by atoms with E-state index >= 15 is 0 Å². The van der Waals surface area contributed by atoms with Crippen molar-refractivity contribution < 1.29 is 14.3 Å². The van der Waals surface area contributed by atoms with E-state index in [1.165, 1.54) is 0 Å². The van der Waals surface area contributed by atoms with Crippen molar-refractivity contribution in [3.05, 3.63) is 84.2 Å². The molecule has 3 heterocycles. The molecule has 1 aliphatic heterocycles. The maximum Gasteiger partial charge on any atom is 0.254 e. The van der Waals surface area contributed by atoms with Crippen LogP contribution in [0, 0.1) is 0 Å². The van der Waals surface area contributed by atoms with Crippen molar-refractivity contribution in [3.63, 3.8) is 0 Å². The minimum Gasteiger partial charge on any atom is -0.486 e. The molecule has 0 saturated heterocycles. The summed E-state index contributed by atoms with van der Waals surface area (Å²) in [6.45, 7) is 1.49. The summed E-state index contributed by atoms with van der Waals surface area (Å²) in [6, 6.07) is 21.0. The molecule has 1 aliphatic rings. The van der Waals surface area contributed by atoms with Crippen LogP contribution in [0.2, 0.25) is 0 Å². The maximum atomic E-state index is 13.4. The molecule has 31 heavy (non-hydrogen) atoms. The van der Waals surface area contributed by atoms with E-state index in [2.05, 4.69) is 4.98 Å². The Kier molecular flexibility index (Phi) is 4.96. The number of ether oxygens (including phenoxy) is 2. The molecule has 0 radical (unpaired) electrons. The Labute approximate surface area is 180 Å². The van der Waals surface area contributed by atoms with Crippen molar-refractivity contribution in [2.45, 2.75) is 6.54 Å². The van der Waals surface area contributed by atoms with Gasteiger partial charge in [-0.05, 0) is 42.5 Å². The number of nitrogens with zero attached hydrogens (tertiary/aromatic N) is 3. The second-order valence-electron chi connectivity index (χ2n) is 7.41. The van der Waals surface area contributed by atoms with Gasteiger partial charge in [0.2, 0.25) is 0 Å². The number of carbonyl (C=O) groups is 1. The second-order valence-corrected chi connectivity index (χ2v) is 7.41. The Morgan fingerprint density at radius 2 is 1.77 bits per heavy atom. The van der Waals surface area contributed by atoms with Gasteiger partial charge in [0.05, 0.1) is 29.0 Å². The summed E-state index contributed by atoms with van der Waals surface area (Å²) in [5.74, 6) is 1.34. The zero-order valence-corrected chi connectivity index (χ0v) is 17.1. The third kappa shape index (κ3) is 3.80. The van der Waals surface area contributed by atoms with Gasteiger partial charge in [-0.25, -0.2) is 4.98 Å². The fourth-order valence-corrected chi connectivity index (χ4v) is 3.71. The molecule has 0 bridgehead atoms. The minimum atomic E-state index is -0.0805. The van der Waals surface area contributed by atoms with Crippen molar-refractivity contribution in [1.29, 1.82) is 0 Å². The molecule has 154 valence electrons. The van der Waals surface area contributed by atoms with Gasteiger partial charge in [0.25, 0.3) is 5.91 Å². The highest BCUT2D eigenvalue weighted by Crippen LogP contribution is 2.35. The van der Waals surface area contributed by atoms with Crippen LogP contribution in [0.25, 0.3) is 22.2 Å². The number of hydrogen-bond donors (Lipinski definition) is 0. The van der Waals surface area contributed by atoms with Gasteiger partial charge >= 0.3 is 0 Å². The molecule has 0 saturated carbocycles. The van der Waals surface area contributed by atoms with E-state index in [9.17, 15) is 4.79 Å². The average molecular weight is 411 g/mol. The molecular formula is C25H21N3O3. The van der Waals surface area contributed by atoms with Gasteiger partial charge in [-0.2, -0.15) is 0 Å².